The van der Waals surface area contributed by atoms with Crippen molar-refractivity contribution in [1.82, 2.24) is 15.1 Å². The number of carbonyl (C=O) groups is 1. The molecule has 0 aromatic rings. The van der Waals surface area contributed by atoms with Crippen LogP contribution in [0.15, 0.2) is 0 Å². The Balaban J connectivity index is 2.10. The van der Waals surface area contributed by atoms with Gasteiger partial charge in [0.05, 0.1) is 0 Å². The third kappa shape index (κ3) is 4.62. The quantitative estimate of drug-likeness (QED) is 0.682. The van der Waals surface area contributed by atoms with E-state index in [1.807, 2.05) is 19.0 Å². The van der Waals surface area contributed by atoms with Gasteiger partial charge in [-0.15, -0.1) is 0 Å². The minimum Gasteiger partial charge on any atom is -0.344 e. The van der Waals surface area contributed by atoms with E-state index in [1.54, 1.807) is 0 Å². The first-order chi connectivity index (χ1) is 7.24. The van der Waals surface area contributed by atoms with Gasteiger partial charge in [-0.05, 0) is 33.0 Å². The van der Waals surface area contributed by atoms with E-state index < -0.39 is 0 Å². The summed E-state index contributed by atoms with van der Waals surface area (Å²) < 4.78 is 0. The molecule has 1 fully saturated rings. The van der Waals surface area contributed by atoms with E-state index in [2.05, 4.69) is 10.2 Å². The zero-order chi connectivity index (χ0) is 11.1. The summed E-state index contributed by atoms with van der Waals surface area (Å²) in [4.78, 5) is 15.8. The molecule has 0 radical (unpaired) electrons. The lowest BCUT2D eigenvalue weighted by Crippen LogP contribution is -2.36. The summed E-state index contributed by atoms with van der Waals surface area (Å²) in [6.07, 6.45) is 3.24. The molecule has 1 amide bonds. The molecule has 0 aromatic heterocycles. The number of likely N-dealkylation sites (tertiary alicyclic amines) is 1. The van der Waals surface area contributed by atoms with Crippen LogP contribution in [-0.2, 0) is 4.79 Å². The van der Waals surface area contributed by atoms with Gasteiger partial charge in [-0.25, -0.2) is 0 Å². The molecule has 1 aliphatic heterocycles. The van der Waals surface area contributed by atoms with Crippen LogP contribution in [0.5, 0.6) is 0 Å². The van der Waals surface area contributed by atoms with Gasteiger partial charge in [0.1, 0.15) is 0 Å². The van der Waals surface area contributed by atoms with Crippen LogP contribution in [0.4, 0.5) is 0 Å². The molecule has 0 spiro atoms. The number of amides is 1. The molecule has 1 saturated heterocycles. The fourth-order valence-electron chi connectivity index (χ4n) is 1.85. The fraction of sp³-hybridized carbons (Fsp3) is 0.909. The van der Waals surface area contributed by atoms with Gasteiger partial charge in [0.25, 0.3) is 0 Å². The molecule has 0 saturated carbocycles. The van der Waals surface area contributed by atoms with Gasteiger partial charge in [0, 0.05) is 33.1 Å². The summed E-state index contributed by atoms with van der Waals surface area (Å²) in [6, 6.07) is 0. The number of carbonyl (C=O) groups excluding carboxylic acids is 1. The predicted molar refractivity (Wildman–Crippen MR) is 61.9 cm³/mol. The molecule has 0 bridgehead atoms. The van der Waals surface area contributed by atoms with E-state index in [1.165, 1.54) is 25.9 Å². The summed E-state index contributed by atoms with van der Waals surface area (Å²) in [5, 5.41) is 2.99. The highest BCUT2D eigenvalue weighted by molar-refractivity contribution is 5.76. The lowest BCUT2D eigenvalue weighted by molar-refractivity contribution is -0.129. The van der Waals surface area contributed by atoms with Crippen molar-refractivity contribution in [1.29, 1.82) is 0 Å². The molecule has 88 valence electrons. The average Bonchev–Trinajstić information content (AvgIpc) is 2.75. The van der Waals surface area contributed by atoms with Crippen LogP contribution < -0.4 is 5.32 Å². The van der Waals surface area contributed by atoms with Crippen molar-refractivity contribution in [3.8, 4) is 0 Å². The third-order valence-corrected chi connectivity index (χ3v) is 2.96. The van der Waals surface area contributed by atoms with Gasteiger partial charge in [0.15, 0.2) is 0 Å². The molecule has 0 unspecified atom stereocenters. The van der Waals surface area contributed by atoms with Crippen molar-refractivity contribution in [2.75, 3.05) is 46.8 Å². The van der Waals surface area contributed by atoms with Crippen molar-refractivity contribution >= 4 is 5.91 Å². The molecule has 0 aliphatic carbocycles. The number of rotatable bonds is 6. The highest BCUT2D eigenvalue weighted by Gasteiger charge is 2.13. The monoisotopic (exact) mass is 213 g/mol. The molecule has 0 aromatic carbocycles. The summed E-state index contributed by atoms with van der Waals surface area (Å²) >= 11 is 0. The molecule has 4 heteroatoms. The van der Waals surface area contributed by atoms with Gasteiger partial charge in [-0.3, -0.25) is 4.79 Å². The zero-order valence-electron chi connectivity index (χ0n) is 9.96. The number of likely N-dealkylation sites (N-methyl/N-ethyl adjacent to an activating group) is 1. The Morgan fingerprint density at radius 2 is 2.07 bits per heavy atom. The molecule has 1 aliphatic rings. The second-order valence-corrected chi connectivity index (χ2v) is 4.22. The Labute approximate surface area is 92.6 Å². The molecule has 15 heavy (non-hydrogen) atoms. The molecule has 1 N–H and O–H groups in total. The van der Waals surface area contributed by atoms with Crippen molar-refractivity contribution in [3.63, 3.8) is 0 Å². The van der Waals surface area contributed by atoms with Crippen LogP contribution in [0.1, 0.15) is 19.3 Å². The summed E-state index contributed by atoms with van der Waals surface area (Å²) in [5.41, 5.74) is 0. The van der Waals surface area contributed by atoms with Crippen LogP contribution in [0.25, 0.3) is 0 Å². The Morgan fingerprint density at radius 3 is 2.67 bits per heavy atom. The molecule has 1 heterocycles. The van der Waals surface area contributed by atoms with E-state index in [0.29, 0.717) is 6.42 Å². The topological polar surface area (TPSA) is 35.6 Å². The van der Waals surface area contributed by atoms with Crippen LogP contribution in [0.2, 0.25) is 0 Å². The van der Waals surface area contributed by atoms with E-state index in [4.69, 9.17) is 0 Å². The number of nitrogens with zero attached hydrogens (tertiary/aromatic N) is 2. The van der Waals surface area contributed by atoms with E-state index in [9.17, 15) is 4.79 Å². The van der Waals surface area contributed by atoms with Gasteiger partial charge < -0.3 is 15.1 Å². The first-order valence-corrected chi connectivity index (χ1v) is 5.85. The Bertz CT molecular complexity index is 190. The molecular formula is C11H23N3O. The van der Waals surface area contributed by atoms with Crippen molar-refractivity contribution in [2.45, 2.75) is 19.3 Å². The molecular weight excluding hydrogens is 190 g/mol. The van der Waals surface area contributed by atoms with Crippen molar-refractivity contribution < 1.29 is 4.79 Å². The second kappa shape index (κ2) is 6.80. The Kier molecular flexibility index (Phi) is 5.65. The van der Waals surface area contributed by atoms with Crippen molar-refractivity contribution in [3.05, 3.63) is 0 Å². The average molecular weight is 213 g/mol. The van der Waals surface area contributed by atoms with Crippen LogP contribution in [0, 0.1) is 0 Å². The van der Waals surface area contributed by atoms with E-state index >= 15 is 0 Å². The fourth-order valence-corrected chi connectivity index (χ4v) is 1.85. The maximum absolute atomic E-state index is 11.6. The van der Waals surface area contributed by atoms with E-state index in [-0.39, 0.29) is 5.91 Å². The largest absolute Gasteiger partial charge is 0.344 e. The first kappa shape index (κ1) is 12.5. The normalized spacial score (nSPS) is 16.9. The van der Waals surface area contributed by atoms with Crippen LogP contribution in [-0.4, -0.2) is 62.5 Å². The summed E-state index contributed by atoms with van der Waals surface area (Å²) in [6.45, 7) is 5.08. The first-order valence-electron chi connectivity index (χ1n) is 5.85. The third-order valence-electron chi connectivity index (χ3n) is 2.96. The van der Waals surface area contributed by atoms with Crippen LogP contribution >= 0.6 is 0 Å². The smallest absolute Gasteiger partial charge is 0.223 e. The van der Waals surface area contributed by atoms with Crippen molar-refractivity contribution in [2.24, 2.45) is 0 Å². The molecule has 4 nitrogen and oxygen atoms in total. The lowest BCUT2D eigenvalue weighted by Gasteiger charge is -2.21. The highest BCUT2D eigenvalue weighted by Crippen LogP contribution is 2.06. The number of hydrogen-bond acceptors (Lipinski definition) is 3. The highest BCUT2D eigenvalue weighted by atomic mass is 16.2. The molecule has 0 atom stereocenters. The number of nitrogens with one attached hydrogen (secondary N) is 1. The number of hydrogen-bond donors (Lipinski definition) is 1. The van der Waals surface area contributed by atoms with Gasteiger partial charge in [0.2, 0.25) is 5.91 Å². The Hall–Kier alpha value is -0.610. The maximum Gasteiger partial charge on any atom is 0.223 e. The zero-order valence-corrected chi connectivity index (χ0v) is 9.96. The summed E-state index contributed by atoms with van der Waals surface area (Å²) in [5.74, 6) is 0.239. The van der Waals surface area contributed by atoms with Gasteiger partial charge >= 0.3 is 0 Å². The SMILES string of the molecule is CNCCC(=O)N(C)CCN1CCCC1. The minimum atomic E-state index is 0.239. The van der Waals surface area contributed by atoms with Crippen LogP contribution in [0.3, 0.4) is 0 Å². The standard InChI is InChI=1S/C11H23N3O/c1-12-6-5-11(15)13(2)9-10-14-7-3-4-8-14/h12H,3-10H2,1-2H3. The van der Waals surface area contributed by atoms with Gasteiger partial charge in [-0.1, -0.05) is 0 Å². The summed E-state index contributed by atoms with van der Waals surface area (Å²) in [7, 11) is 3.77. The molecule has 1 rings (SSSR count). The van der Waals surface area contributed by atoms with Gasteiger partial charge in [-0.2, -0.15) is 0 Å². The maximum atomic E-state index is 11.6. The minimum absolute atomic E-state index is 0.239. The Morgan fingerprint density at radius 1 is 1.40 bits per heavy atom. The van der Waals surface area contributed by atoms with E-state index in [0.717, 1.165) is 19.6 Å². The predicted octanol–water partition coefficient (Wildman–Crippen LogP) is 0.150. The lowest BCUT2D eigenvalue weighted by atomic mass is 10.3. The second-order valence-electron chi connectivity index (χ2n) is 4.22.